The number of nitro groups is 1. The minimum absolute atomic E-state index is 0.0719. The average molecular weight is 372 g/mol. The Balaban J connectivity index is 1.74. The van der Waals surface area contributed by atoms with Crippen molar-refractivity contribution in [3.8, 4) is 5.75 Å². The summed E-state index contributed by atoms with van der Waals surface area (Å²) in [6.07, 6.45) is 0.799. The van der Waals surface area contributed by atoms with Crippen molar-refractivity contribution in [3.63, 3.8) is 0 Å². The zero-order chi connectivity index (χ0) is 19.6. The minimum atomic E-state index is -0.801. The molecule has 1 saturated heterocycles. The van der Waals surface area contributed by atoms with E-state index < -0.39 is 34.1 Å². The monoisotopic (exact) mass is 372 g/mol. The number of hydrogen-bond donors (Lipinski definition) is 0. The number of nitro benzene ring substituents is 1. The Morgan fingerprint density at radius 3 is 2.63 bits per heavy atom. The molecule has 1 unspecified atom stereocenters. The Morgan fingerprint density at radius 2 is 2.00 bits per heavy atom. The van der Waals surface area contributed by atoms with Crippen LogP contribution in [0.2, 0.25) is 0 Å². The summed E-state index contributed by atoms with van der Waals surface area (Å²) in [5.41, 5.74) is 1.28. The van der Waals surface area contributed by atoms with E-state index in [1.54, 1.807) is 0 Å². The molecule has 0 saturated carbocycles. The topological polar surface area (TPSA) is 89.8 Å². The van der Waals surface area contributed by atoms with Gasteiger partial charge in [-0.25, -0.2) is 4.39 Å². The summed E-state index contributed by atoms with van der Waals surface area (Å²) < 4.78 is 18.4. The second kappa shape index (κ2) is 7.53. The van der Waals surface area contributed by atoms with Gasteiger partial charge in [-0.05, 0) is 30.2 Å². The molecule has 1 heterocycles. The molecule has 0 aromatic heterocycles. The summed E-state index contributed by atoms with van der Waals surface area (Å²) in [6.45, 7) is 2.12. The lowest BCUT2D eigenvalue weighted by molar-refractivity contribution is -0.385. The molecule has 1 amide bonds. The van der Waals surface area contributed by atoms with Crippen molar-refractivity contribution in [1.29, 1.82) is 0 Å². The molecule has 2 aromatic carbocycles. The van der Waals surface area contributed by atoms with Crippen molar-refractivity contribution in [2.45, 2.75) is 19.8 Å². The van der Waals surface area contributed by atoms with Crippen molar-refractivity contribution >= 4 is 23.3 Å². The third kappa shape index (κ3) is 3.94. The van der Waals surface area contributed by atoms with E-state index in [9.17, 15) is 24.1 Å². The van der Waals surface area contributed by atoms with Gasteiger partial charge in [-0.2, -0.15) is 0 Å². The summed E-state index contributed by atoms with van der Waals surface area (Å²) in [4.78, 5) is 36.4. The van der Waals surface area contributed by atoms with Crippen LogP contribution >= 0.6 is 0 Å². The van der Waals surface area contributed by atoms with Gasteiger partial charge in [0.25, 0.3) is 0 Å². The van der Waals surface area contributed by atoms with Gasteiger partial charge in [-0.1, -0.05) is 19.1 Å². The molecule has 3 rings (SSSR count). The number of rotatable bonds is 5. The standard InChI is InChI=1S/C19H17FN2O5/c1-2-12-3-6-15(7-4-12)21-11-13(9-18(21)23)19(24)27-17-10-14(20)5-8-16(17)22(25)26/h3-8,10,13H,2,9,11H2,1H3. The summed E-state index contributed by atoms with van der Waals surface area (Å²) in [5, 5.41) is 11.0. The molecule has 1 atom stereocenters. The molecule has 8 heteroatoms. The van der Waals surface area contributed by atoms with E-state index in [1.165, 1.54) is 4.90 Å². The predicted octanol–water partition coefficient (Wildman–Crippen LogP) is 3.25. The average Bonchev–Trinajstić information content (AvgIpc) is 3.03. The van der Waals surface area contributed by atoms with Crippen molar-refractivity contribution in [2.75, 3.05) is 11.4 Å². The Kier molecular flexibility index (Phi) is 5.16. The number of hydrogen-bond acceptors (Lipinski definition) is 5. The second-order valence-corrected chi connectivity index (χ2v) is 6.22. The molecule has 7 nitrogen and oxygen atoms in total. The molecule has 1 aliphatic rings. The third-order valence-corrected chi connectivity index (χ3v) is 4.44. The fourth-order valence-electron chi connectivity index (χ4n) is 2.94. The Morgan fingerprint density at radius 1 is 1.30 bits per heavy atom. The van der Waals surface area contributed by atoms with E-state index in [0.29, 0.717) is 5.69 Å². The zero-order valence-electron chi connectivity index (χ0n) is 14.6. The van der Waals surface area contributed by atoms with Crippen LogP contribution in [0, 0.1) is 21.8 Å². The number of halogens is 1. The van der Waals surface area contributed by atoms with Crippen molar-refractivity contribution in [2.24, 2.45) is 5.92 Å². The number of carbonyl (C=O) groups excluding carboxylic acids is 2. The Labute approximate surface area is 154 Å². The van der Waals surface area contributed by atoms with Gasteiger partial charge in [-0.3, -0.25) is 19.7 Å². The Bertz CT molecular complexity index is 897. The number of carbonyl (C=O) groups is 2. The largest absolute Gasteiger partial charge is 0.419 e. The van der Waals surface area contributed by atoms with E-state index in [0.717, 1.165) is 30.2 Å². The molecular weight excluding hydrogens is 355 g/mol. The molecular formula is C19H17FN2O5. The van der Waals surface area contributed by atoms with Gasteiger partial charge < -0.3 is 9.64 Å². The maximum absolute atomic E-state index is 13.4. The lowest BCUT2D eigenvalue weighted by Crippen LogP contribution is -2.27. The number of ether oxygens (including phenoxy) is 1. The SMILES string of the molecule is CCc1ccc(N2CC(C(=O)Oc3cc(F)ccc3[N+](=O)[O-])CC2=O)cc1. The van der Waals surface area contributed by atoms with Crippen LogP contribution in [-0.2, 0) is 16.0 Å². The van der Waals surface area contributed by atoms with Crippen molar-refractivity contribution in [1.82, 2.24) is 0 Å². The molecule has 27 heavy (non-hydrogen) atoms. The first-order valence-corrected chi connectivity index (χ1v) is 8.44. The van der Waals surface area contributed by atoms with Gasteiger partial charge in [0.1, 0.15) is 5.82 Å². The molecule has 0 N–H and O–H groups in total. The summed E-state index contributed by atoms with van der Waals surface area (Å²) in [7, 11) is 0. The minimum Gasteiger partial charge on any atom is -0.419 e. The van der Waals surface area contributed by atoms with Crippen LogP contribution in [-0.4, -0.2) is 23.3 Å². The lowest BCUT2D eigenvalue weighted by atomic mass is 10.1. The van der Waals surface area contributed by atoms with Crippen LogP contribution in [0.25, 0.3) is 0 Å². The van der Waals surface area contributed by atoms with Crippen LogP contribution in [0.1, 0.15) is 18.9 Å². The third-order valence-electron chi connectivity index (χ3n) is 4.44. The van der Waals surface area contributed by atoms with E-state index in [-0.39, 0.29) is 18.9 Å². The smallest absolute Gasteiger partial charge is 0.316 e. The van der Waals surface area contributed by atoms with E-state index in [2.05, 4.69) is 0 Å². The molecule has 0 radical (unpaired) electrons. The van der Waals surface area contributed by atoms with Gasteiger partial charge in [0.05, 0.1) is 10.8 Å². The summed E-state index contributed by atoms with van der Waals surface area (Å²) in [6, 6.07) is 10.1. The summed E-state index contributed by atoms with van der Waals surface area (Å²) >= 11 is 0. The van der Waals surface area contributed by atoms with Crippen molar-refractivity contribution < 1.29 is 23.6 Å². The molecule has 2 aromatic rings. The first-order chi connectivity index (χ1) is 12.9. The molecule has 0 bridgehead atoms. The number of nitrogens with zero attached hydrogens (tertiary/aromatic N) is 2. The van der Waals surface area contributed by atoms with Gasteiger partial charge in [0.2, 0.25) is 11.7 Å². The van der Waals surface area contributed by atoms with Crippen LogP contribution in [0.15, 0.2) is 42.5 Å². The van der Waals surface area contributed by atoms with Crippen LogP contribution < -0.4 is 9.64 Å². The predicted molar refractivity (Wildman–Crippen MR) is 95.0 cm³/mol. The van der Waals surface area contributed by atoms with Gasteiger partial charge >= 0.3 is 11.7 Å². The van der Waals surface area contributed by atoms with Crippen molar-refractivity contribution in [3.05, 3.63) is 64.0 Å². The van der Waals surface area contributed by atoms with Crippen LogP contribution in [0.4, 0.5) is 15.8 Å². The normalized spacial score (nSPS) is 16.4. The molecule has 1 fully saturated rings. The fraction of sp³-hybridized carbons (Fsp3) is 0.263. The van der Waals surface area contributed by atoms with Gasteiger partial charge in [-0.15, -0.1) is 0 Å². The highest BCUT2D eigenvalue weighted by Crippen LogP contribution is 2.31. The number of aryl methyl sites for hydroxylation is 1. The fourth-order valence-corrected chi connectivity index (χ4v) is 2.94. The zero-order valence-corrected chi connectivity index (χ0v) is 14.6. The summed E-state index contributed by atoms with van der Waals surface area (Å²) in [5.74, 6) is -3.06. The maximum Gasteiger partial charge on any atom is 0.316 e. The molecule has 1 aliphatic heterocycles. The second-order valence-electron chi connectivity index (χ2n) is 6.22. The van der Waals surface area contributed by atoms with E-state index in [4.69, 9.17) is 4.74 Å². The van der Waals surface area contributed by atoms with Gasteiger partial charge in [0, 0.05) is 30.8 Å². The highest BCUT2D eigenvalue weighted by Gasteiger charge is 2.37. The first-order valence-electron chi connectivity index (χ1n) is 8.44. The highest BCUT2D eigenvalue weighted by molar-refractivity contribution is 5.99. The van der Waals surface area contributed by atoms with E-state index >= 15 is 0 Å². The molecule has 0 aliphatic carbocycles. The quantitative estimate of drug-likeness (QED) is 0.348. The lowest BCUT2D eigenvalue weighted by Gasteiger charge is -2.17. The van der Waals surface area contributed by atoms with Gasteiger partial charge in [0.15, 0.2) is 0 Å². The number of amides is 1. The molecule has 0 spiro atoms. The first kappa shape index (κ1) is 18.5. The van der Waals surface area contributed by atoms with Crippen LogP contribution in [0.5, 0.6) is 5.75 Å². The number of anilines is 1. The van der Waals surface area contributed by atoms with E-state index in [1.807, 2.05) is 31.2 Å². The number of benzene rings is 2. The highest BCUT2D eigenvalue weighted by atomic mass is 19.1. The Hall–Kier alpha value is -3.29. The molecule has 140 valence electrons. The number of esters is 1. The maximum atomic E-state index is 13.4. The van der Waals surface area contributed by atoms with Crippen LogP contribution in [0.3, 0.4) is 0 Å².